The molecular weight excluding hydrogens is 362 g/mol. The maximum absolute atomic E-state index is 12.1. The Hall–Kier alpha value is -2.83. The highest BCUT2D eigenvalue weighted by atomic mass is 16.5. The molecule has 1 heterocycles. The van der Waals surface area contributed by atoms with Crippen LogP contribution in [0, 0.1) is 0 Å². The number of fused-ring (bicyclic) bond motifs is 1. The number of hydrogen-bond donors (Lipinski definition) is 1. The van der Waals surface area contributed by atoms with Crippen LogP contribution >= 0.6 is 0 Å². The lowest BCUT2D eigenvalue weighted by Crippen LogP contribution is -2.36. The van der Waals surface area contributed by atoms with Crippen LogP contribution in [0.25, 0.3) is 11.0 Å². The second kappa shape index (κ2) is 10.5. The van der Waals surface area contributed by atoms with Gasteiger partial charge in [-0.2, -0.15) is 0 Å². The molecule has 7 heteroatoms. The molecule has 152 valence electrons. The molecule has 0 spiro atoms. The summed E-state index contributed by atoms with van der Waals surface area (Å²) in [7, 11) is 0. The average Bonchev–Trinajstić information content (AvgIpc) is 2.63. The van der Waals surface area contributed by atoms with Crippen LogP contribution in [0.3, 0.4) is 0 Å². The van der Waals surface area contributed by atoms with Crippen molar-refractivity contribution in [3.63, 3.8) is 0 Å². The Morgan fingerprint density at radius 1 is 1.21 bits per heavy atom. The van der Waals surface area contributed by atoms with Gasteiger partial charge in [0.2, 0.25) is 0 Å². The summed E-state index contributed by atoms with van der Waals surface area (Å²) in [5.41, 5.74) is 0.969. The SMILES string of the molecule is CCCc1cc(=O)oc2cc(O[C@@H](C)C(=O)NCCCCCC(=O)[O-])ccc12. The number of nitrogens with one attached hydrogen (secondary N) is 1. The molecular formula is C21H26NO6-. The van der Waals surface area contributed by atoms with Crippen molar-refractivity contribution in [2.24, 2.45) is 0 Å². The molecule has 0 aliphatic rings. The van der Waals surface area contributed by atoms with Crippen molar-refractivity contribution >= 4 is 22.8 Å². The maximum Gasteiger partial charge on any atom is 0.336 e. The maximum atomic E-state index is 12.1. The van der Waals surface area contributed by atoms with Gasteiger partial charge in [0.25, 0.3) is 5.91 Å². The number of rotatable bonds is 11. The largest absolute Gasteiger partial charge is 0.550 e. The highest BCUT2D eigenvalue weighted by molar-refractivity contribution is 5.83. The minimum Gasteiger partial charge on any atom is -0.550 e. The van der Waals surface area contributed by atoms with E-state index < -0.39 is 17.7 Å². The van der Waals surface area contributed by atoms with Crippen LogP contribution in [0.5, 0.6) is 5.75 Å². The third-order valence-corrected chi connectivity index (χ3v) is 4.36. The van der Waals surface area contributed by atoms with Crippen LogP contribution in [0.2, 0.25) is 0 Å². The predicted molar refractivity (Wildman–Crippen MR) is 103 cm³/mol. The van der Waals surface area contributed by atoms with Gasteiger partial charge >= 0.3 is 5.63 Å². The second-order valence-corrected chi connectivity index (χ2v) is 6.73. The molecule has 0 saturated heterocycles. The van der Waals surface area contributed by atoms with Crippen molar-refractivity contribution in [3.8, 4) is 5.75 Å². The minimum atomic E-state index is -1.06. The monoisotopic (exact) mass is 388 g/mol. The van der Waals surface area contributed by atoms with Crippen molar-refractivity contribution in [1.82, 2.24) is 5.32 Å². The van der Waals surface area contributed by atoms with Gasteiger partial charge in [0, 0.05) is 30.0 Å². The van der Waals surface area contributed by atoms with Gasteiger partial charge in [-0.3, -0.25) is 4.79 Å². The molecule has 1 aromatic heterocycles. The first-order valence-electron chi connectivity index (χ1n) is 9.61. The van der Waals surface area contributed by atoms with E-state index in [1.807, 2.05) is 13.0 Å². The molecule has 0 fully saturated rings. The van der Waals surface area contributed by atoms with Gasteiger partial charge in [0.1, 0.15) is 11.3 Å². The Kier molecular flexibility index (Phi) is 8.04. The van der Waals surface area contributed by atoms with Gasteiger partial charge in [-0.05, 0) is 50.3 Å². The Bertz CT molecular complexity index is 873. The third-order valence-electron chi connectivity index (χ3n) is 4.36. The van der Waals surface area contributed by atoms with Crippen molar-refractivity contribution in [2.45, 2.75) is 58.5 Å². The number of carbonyl (C=O) groups excluding carboxylic acids is 2. The van der Waals surface area contributed by atoms with Gasteiger partial charge in [-0.1, -0.05) is 19.8 Å². The smallest absolute Gasteiger partial charge is 0.336 e. The van der Waals surface area contributed by atoms with E-state index in [1.54, 1.807) is 19.1 Å². The van der Waals surface area contributed by atoms with Crippen molar-refractivity contribution in [1.29, 1.82) is 0 Å². The van der Waals surface area contributed by atoms with Gasteiger partial charge in [0.15, 0.2) is 6.10 Å². The van der Waals surface area contributed by atoms with E-state index in [0.29, 0.717) is 37.1 Å². The number of hydrogen-bond acceptors (Lipinski definition) is 6. The van der Waals surface area contributed by atoms with Crippen molar-refractivity contribution < 1.29 is 23.8 Å². The predicted octanol–water partition coefficient (Wildman–Crippen LogP) is 1.94. The summed E-state index contributed by atoms with van der Waals surface area (Å²) in [5.74, 6) is -0.874. The van der Waals surface area contributed by atoms with Crippen LogP contribution in [0.1, 0.15) is 51.5 Å². The minimum absolute atomic E-state index is 0.0333. The lowest BCUT2D eigenvalue weighted by Gasteiger charge is -2.15. The summed E-state index contributed by atoms with van der Waals surface area (Å²) in [6.07, 6.45) is 2.94. The van der Waals surface area contributed by atoms with Gasteiger partial charge in [-0.25, -0.2) is 4.79 Å². The Labute approximate surface area is 163 Å². The highest BCUT2D eigenvalue weighted by Crippen LogP contribution is 2.24. The van der Waals surface area contributed by atoms with E-state index in [9.17, 15) is 19.5 Å². The molecule has 2 rings (SSSR count). The number of aryl methyl sites for hydroxylation is 1. The molecule has 0 saturated carbocycles. The fourth-order valence-electron chi connectivity index (χ4n) is 2.94. The fourth-order valence-corrected chi connectivity index (χ4v) is 2.94. The highest BCUT2D eigenvalue weighted by Gasteiger charge is 2.15. The van der Waals surface area contributed by atoms with Crippen LogP contribution in [0.15, 0.2) is 33.5 Å². The number of carboxylic acid groups (broad SMARTS) is 1. The number of aliphatic carboxylic acids is 1. The Balaban J connectivity index is 1.91. The molecule has 1 N–H and O–H groups in total. The van der Waals surface area contributed by atoms with Crippen LogP contribution < -0.4 is 20.8 Å². The lowest BCUT2D eigenvalue weighted by atomic mass is 10.1. The molecule has 0 aliphatic carbocycles. The standard InChI is InChI=1S/C21H27NO6/c1-3-7-15-12-20(25)28-18-13-16(9-10-17(15)18)27-14(2)21(26)22-11-6-4-5-8-19(23)24/h9-10,12-14H,3-8,11H2,1-2H3,(H,22,26)(H,23,24)/p-1/t14-/m0/s1. The lowest BCUT2D eigenvalue weighted by molar-refractivity contribution is -0.305. The summed E-state index contributed by atoms with van der Waals surface area (Å²) < 4.78 is 10.9. The molecule has 28 heavy (non-hydrogen) atoms. The number of carboxylic acids is 1. The first-order valence-corrected chi connectivity index (χ1v) is 9.61. The van der Waals surface area contributed by atoms with E-state index >= 15 is 0 Å². The van der Waals surface area contributed by atoms with E-state index in [0.717, 1.165) is 23.8 Å². The van der Waals surface area contributed by atoms with Crippen molar-refractivity contribution in [3.05, 3.63) is 40.2 Å². The molecule has 0 radical (unpaired) electrons. The molecule has 2 aromatic rings. The number of amides is 1. The average molecular weight is 388 g/mol. The zero-order valence-corrected chi connectivity index (χ0v) is 16.3. The van der Waals surface area contributed by atoms with Gasteiger partial charge < -0.3 is 24.4 Å². The summed E-state index contributed by atoms with van der Waals surface area (Å²) in [6, 6.07) is 6.72. The van der Waals surface area contributed by atoms with E-state index in [4.69, 9.17) is 9.15 Å². The van der Waals surface area contributed by atoms with Crippen LogP contribution in [-0.4, -0.2) is 24.5 Å². The molecule has 1 atom stereocenters. The van der Waals surface area contributed by atoms with Crippen molar-refractivity contribution in [2.75, 3.05) is 6.54 Å². The fraction of sp³-hybridized carbons (Fsp3) is 0.476. The summed E-state index contributed by atoms with van der Waals surface area (Å²) in [6.45, 7) is 4.13. The van der Waals surface area contributed by atoms with E-state index in [1.165, 1.54) is 6.07 Å². The zero-order valence-electron chi connectivity index (χ0n) is 16.3. The molecule has 0 bridgehead atoms. The normalized spacial score (nSPS) is 11.9. The van der Waals surface area contributed by atoms with Crippen LogP contribution in [0.4, 0.5) is 0 Å². The summed E-state index contributed by atoms with van der Waals surface area (Å²) >= 11 is 0. The van der Waals surface area contributed by atoms with E-state index in [-0.39, 0.29) is 12.3 Å². The Morgan fingerprint density at radius 2 is 2.00 bits per heavy atom. The second-order valence-electron chi connectivity index (χ2n) is 6.73. The van der Waals surface area contributed by atoms with Gasteiger partial charge in [-0.15, -0.1) is 0 Å². The topological polar surface area (TPSA) is 109 Å². The molecule has 7 nitrogen and oxygen atoms in total. The van der Waals surface area contributed by atoms with E-state index in [2.05, 4.69) is 5.32 Å². The molecule has 0 aliphatic heterocycles. The number of ether oxygens (including phenoxy) is 1. The summed E-state index contributed by atoms with van der Waals surface area (Å²) in [4.78, 5) is 34.2. The first-order chi connectivity index (χ1) is 13.4. The number of carbonyl (C=O) groups is 2. The molecule has 1 aromatic carbocycles. The molecule has 1 amide bonds. The number of unbranched alkanes of at least 4 members (excludes halogenated alkanes) is 2. The quantitative estimate of drug-likeness (QED) is 0.465. The molecule has 0 unspecified atom stereocenters. The third kappa shape index (κ3) is 6.40. The van der Waals surface area contributed by atoms with Gasteiger partial charge in [0.05, 0.1) is 0 Å². The number of benzene rings is 1. The van der Waals surface area contributed by atoms with Crippen LogP contribution in [-0.2, 0) is 16.0 Å². The first kappa shape index (κ1) is 21.5. The Morgan fingerprint density at radius 3 is 2.71 bits per heavy atom. The zero-order chi connectivity index (χ0) is 20.5. The summed E-state index contributed by atoms with van der Waals surface area (Å²) in [5, 5.41) is 14.0.